The van der Waals surface area contributed by atoms with Crippen molar-refractivity contribution in [2.75, 3.05) is 37.6 Å². The van der Waals surface area contributed by atoms with E-state index in [1.807, 2.05) is 0 Å². The number of nitrogens with zero attached hydrogens (tertiary/aromatic N) is 2. The first-order valence-corrected chi connectivity index (χ1v) is 9.68. The highest BCUT2D eigenvalue weighted by atomic mass is 15.3. The van der Waals surface area contributed by atoms with E-state index in [1.165, 1.54) is 49.3 Å². The van der Waals surface area contributed by atoms with Gasteiger partial charge < -0.3 is 4.90 Å². The molecule has 2 nitrogen and oxygen atoms in total. The highest BCUT2D eigenvalue weighted by molar-refractivity contribution is 5.55. The molecule has 1 aromatic carbocycles. The van der Waals surface area contributed by atoms with Gasteiger partial charge in [-0.05, 0) is 61.1 Å². The van der Waals surface area contributed by atoms with Gasteiger partial charge in [0, 0.05) is 38.4 Å². The standard InChI is InChI=1S/C22H32N2/c1-16-5-6-17(2)21(13-16)24-11-9-23(10-12-24)15-18-7-8-19-14-20(18)22(19,3)4/h5-7,13,19-20H,8-12,14-15H2,1-4H3. The van der Waals surface area contributed by atoms with Gasteiger partial charge in [0.15, 0.2) is 0 Å². The Morgan fingerprint density at radius 2 is 1.83 bits per heavy atom. The molecule has 2 bridgehead atoms. The van der Waals surface area contributed by atoms with Crippen LogP contribution in [0.5, 0.6) is 0 Å². The summed E-state index contributed by atoms with van der Waals surface area (Å²) in [5.41, 5.74) is 6.51. The van der Waals surface area contributed by atoms with Crippen molar-refractivity contribution in [3.63, 3.8) is 0 Å². The highest BCUT2D eigenvalue weighted by Gasteiger charge is 2.51. The molecule has 2 heteroatoms. The van der Waals surface area contributed by atoms with Gasteiger partial charge in [-0.25, -0.2) is 0 Å². The summed E-state index contributed by atoms with van der Waals surface area (Å²) in [6.07, 6.45) is 5.34. The topological polar surface area (TPSA) is 6.48 Å². The van der Waals surface area contributed by atoms with Crippen molar-refractivity contribution in [1.29, 1.82) is 0 Å². The number of rotatable bonds is 3. The molecule has 4 aliphatic rings. The van der Waals surface area contributed by atoms with Crippen molar-refractivity contribution in [3.05, 3.63) is 41.0 Å². The summed E-state index contributed by atoms with van der Waals surface area (Å²) in [6.45, 7) is 15.3. The maximum Gasteiger partial charge on any atom is 0.0399 e. The van der Waals surface area contributed by atoms with Crippen LogP contribution in [0.1, 0.15) is 37.8 Å². The molecule has 0 spiro atoms. The van der Waals surface area contributed by atoms with Crippen LogP contribution in [0, 0.1) is 31.1 Å². The van der Waals surface area contributed by atoms with Gasteiger partial charge in [0.2, 0.25) is 0 Å². The Bertz CT molecular complexity index is 650. The summed E-state index contributed by atoms with van der Waals surface area (Å²) in [5.74, 6) is 1.81. The van der Waals surface area contributed by atoms with E-state index >= 15 is 0 Å². The van der Waals surface area contributed by atoms with Crippen LogP contribution >= 0.6 is 0 Å². The van der Waals surface area contributed by atoms with Gasteiger partial charge in [-0.15, -0.1) is 0 Å². The van der Waals surface area contributed by atoms with Crippen molar-refractivity contribution < 1.29 is 0 Å². The monoisotopic (exact) mass is 324 g/mol. The first kappa shape index (κ1) is 16.2. The average Bonchev–Trinajstić information content (AvgIpc) is 2.58. The molecule has 2 fully saturated rings. The summed E-state index contributed by atoms with van der Waals surface area (Å²) in [4.78, 5) is 5.26. The third-order valence-electron chi connectivity index (χ3n) is 7.07. The van der Waals surface area contributed by atoms with E-state index in [4.69, 9.17) is 0 Å². The van der Waals surface area contributed by atoms with E-state index in [9.17, 15) is 0 Å². The van der Waals surface area contributed by atoms with Crippen LogP contribution in [0.4, 0.5) is 5.69 Å². The fraction of sp³-hybridized carbons (Fsp3) is 0.636. The van der Waals surface area contributed by atoms with Gasteiger partial charge in [0.05, 0.1) is 0 Å². The van der Waals surface area contributed by atoms with Crippen LogP contribution < -0.4 is 4.90 Å². The highest BCUT2D eigenvalue weighted by Crippen LogP contribution is 2.59. The molecule has 3 aliphatic carbocycles. The molecule has 0 aromatic heterocycles. The lowest BCUT2D eigenvalue weighted by Gasteiger charge is -2.57. The maximum absolute atomic E-state index is 2.68. The lowest BCUT2D eigenvalue weighted by Crippen LogP contribution is -2.52. The second-order valence-electron chi connectivity index (χ2n) is 8.87. The number of aryl methyl sites for hydroxylation is 2. The van der Waals surface area contributed by atoms with E-state index in [2.05, 4.69) is 61.8 Å². The molecule has 2 unspecified atom stereocenters. The van der Waals surface area contributed by atoms with Gasteiger partial charge >= 0.3 is 0 Å². The zero-order valence-electron chi connectivity index (χ0n) is 15.8. The Morgan fingerprint density at radius 3 is 2.50 bits per heavy atom. The van der Waals surface area contributed by atoms with Crippen molar-refractivity contribution in [2.45, 2.75) is 40.5 Å². The van der Waals surface area contributed by atoms with Crippen LogP contribution in [0.15, 0.2) is 29.8 Å². The summed E-state index contributed by atoms with van der Waals surface area (Å²) >= 11 is 0. The van der Waals surface area contributed by atoms with Gasteiger partial charge in [-0.2, -0.15) is 0 Å². The van der Waals surface area contributed by atoms with Crippen molar-refractivity contribution in [2.24, 2.45) is 17.3 Å². The lowest BCUT2D eigenvalue weighted by molar-refractivity contribution is -0.0107. The second kappa shape index (κ2) is 5.91. The van der Waals surface area contributed by atoms with E-state index in [0.717, 1.165) is 24.9 Å². The van der Waals surface area contributed by atoms with Crippen molar-refractivity contribution in [1.82, 2.24) is 4.90 Å². The van der Waals surface area contributed by atoms with E-state index in [0.29, 0.717) is 5.41 Å². The molecule has 1 aromatic rings. The second-order valence-corrected chi connectivity index (χ2v) is 8.87. The molecule has 0 radical (unpaired) electrons. The Balaban J connectivity index is 1.37. The number of benzene rings is 1. The molecule has 0 amide bonds. The van der Waals surface area contributed by atoms with Crippen LogP contribution in [0.3, 0.4) is 0 Å². The first-order chi connectivity index (χ1) is 11.4. The number of hydrogen-bond donors (Lipinski definition) is 0. The number of piperazine rings is 1. The summed E-state index contributed by atoms with van der Waals surface area (Å²) in [7, 11) is 0. The molecule has 1 aliphatic heterocycles. The van der Waals surface area contributed by atoms with Gasteiger partial charge in [0.25, 0.3) is 0 Å². The number of anilines is 1. The summed E-state index contributed by atoms with van der Waals surface area (Å²) in [6, 6.07) is 6.84. The van der Waals surface area contributed by atoms with Crippen molar-refractivity contribution in [3.8, 4) is 0 Å². The normalized spacial score (nSPS) is 29.2. The Labute approximate surface area is 147 Å². The predicted molar refractivity (Wildman–Crippen MR) is 103 cm³/mol. The van der Waals surface area contributed by atoms with Gasteiger partial charge in [0.1, 0.15) is 0 Å². The minimum Gasteiger partial charge on any atom is -0.369 e. The van der Waals surface area contributed by atoms with Crippen LogP contribution in [-0.4, -0.2) is 37.6 Å². The molecule has 1 saturated heterocycles. The summed E-state index contributed by atoms with van der Waals surface area (Å²) < 4.78 is 0. The molecule has 24 heavy (non-hydrogen) atoms. The third-order valence-corrected chi connectivity index (χ3v) is 7.07. The molecule has 0 N–H and O–H groups in total. The Morgan fingerprint density at radius 1 is 1.08 bits per heavy atom. The SMILES string of the molecule is Cc1ccc(C)c(N2CCN(CC3=CCC4CC3C4(C)C)CC2)c1. The predicted octanol–water partition coefficient (Wildman–Crippen LogP) is 4.42. The van der Waals surface area contributed by atoms with Crippen LogP contribution in [-0.2, 0) is 0 Å². The Kier molecular flexibility index (Phi) is 3.99. The average molecular weight is 325 g/mol. The fourth-order valence-corrected chi connectivity index (χ4v) is 5.12. The maximum atomic E-state index is 2.68. The zero-order chi connectivity index (χ0) is 16.9. The van der Waals surface area contributed by atoms with E-state index in [1.54, 1.807) is 5.57 Å². The lowest BCUT2D eigenvalue weighted by atomic mass is 9.49. The molecule has 1 saturated carbocycles. The quantitative estimate of drug-likeness (QED) is 0.760. The molecule has 2 atom stereocenters. The molecular weight excluding hydrogens is 292 g/mol. The summed E-state index contributed by atoms with van der Waals surface area (Å²) in [5, 5.41) is 0. The minimum atomic E-state index is 0.560. The molecule has 5 rings (SSSR count). The smallest absolute Gasteiger partial charge is 0.0399 e. The van der Waals surface area contributed by atoms with E-state index < -0.39 is 0 Å². The Hall–Kier alpha value is -1.28. The molecule has 1 heterocycles. The number of hydrogen-bond acceptors (Lipinski definition) is 2. The number of fused-ring (bicyclic) bond motifs is 1. The van der Waals surface area contributed by atoms with E-state index in [-0.39, 0.29) is 0 Å². The van der Waals surface area contributed by atoms with Gasteiger partial charge in [-0.1, -0.05) is 37.6 Å². The zero-order valence-corrected chi connectivity index (χ0v) is 15.8. The van der Waals surface area contributed by atoms with Crippen molar-refractivity contribution >= 4 is 5.69 Å². The largest absolute Gasteiger partial charge is 0.369 e. The molecule has 130 valence electrons. The van der Waals surface area contributed by atoms with Gasteiger partial charge in [-0.3, -0.25) is 4.90 Å². The first-order valence-electron chi connectivity index (χ1n) is 9.68. The molecular formula is C22H32N2. The number of allylic oxidation sites excluding steroid dienone is 1. The van der Waals surface area contributed by atoms with Crippen LogP contribution in [0.2, 0.25) is 0 Å². The third kappa shape index (κ3) is 2.69. The van der Waals surface area contributed by atoms with Crippen LogP contribution in [0.25, 0.3) is 0 Å². The fourth-order valence-electron chi connectivity index (χ4n) is 5.12. The minimum absolute atomic E-state index is 0.560.